The van der Waals surface area contributed by atoms with Crippen molar-refractivity contribution < 1.29 is 43.9 Å². The van der Waals surface area contributed by atoms with Gasteiger partial charge in [-0.25, -0.2) is 17.6 Å². The van der Waals surface area contributed by atoms with Crippen LogP contribution in [0.25, 0.3) is 54.6 Å². The Morgan fingerprint density at radius 2 is 0.697 bits per heavy atom. The fourth-order valence-corrected chi connectivity index (χ4v) is 8.80. The average Bonchev–Trinajstić information content (AvgIpc) is 3.30. The summed E-state index contributed by atoms with van der Waals surface area (Å²) in [5.74, 6) is -3.84. The van der Waals surface area contributed by atoms with Crippen molar-refractivity contribution in [3.63, 3.8) is 0 Å². The molecule has 2 nitrogen and oxygen atoms in total. The molecule has 0 bridgehead atoms. The van der Waals surface area contributed by atoms with Gasteiger partial charge in [0, 0.05) is 45.4 Å². The number of benzene rings is 10. The van der Waals surface area contributed by atoms with Crippen LogP contribution in [0.3, 0.4) is 0 Å². The van der Waals surface area contributed by atoms with E-state index in [4.69, 9.17) is 0 Å². The molecule has 0 N–H and O–H groups in total. The van der Waals surface area contributed by atoms with Crippen molar-refractivity contribution >= 4 is 66.4 Å². The van der Waals surface area contributed by atoms with Gasteiger partial charge < -0.3 is 9.80 Å². The van der Waals surface area contributed by atoms with Gasteiger partial charge >= 0.3 is 12.4 Å². The highest BCUT2D eigenvalue weighted by Gasteiger charge is 2.33. The minimum absolute atomic E-state index is 0.0123. The molecule has 0 amide bonds. The van der Waals surface area contributed by atoms with Crippen LogP contribution < -0.4 is 9.80 Å². The maximum atomic E-state index is 16.7. The Hall–Kier alpha value is -7.86. The van der Waals surface area contributed by atoms with E-state index in [1.165, 1.54) is 24.3 Å². The number of hydrogen-bond acceptors (Lipinski definition) is 2. The summed E-state index contributed by atoms with van der Waals surface area (Å²) in [5, 5.41) is 4.09. The smallest absolute Gasteiger partial charge is 0.307 e. The Morgan fingerprint density at radius 3 is 1.05 bits per heavy atom. The van der Waals surface area contributed by atoms with E-state index in [2.05, 4.69) is 0 Å². The van der Waals surface area contributed by atoms with E-state index in [1.807, 2.05) is 36.4 Å². The lowest BCUT2D eigenvalue weighted by Crippen LogP contribution is -2.15. The van der Waals surface area contributed by atoms with Gasteiger partial charge in [-0.05, 0) is 105 Å². The van der Waals surface area contributed by atoms with Gasteiger partial charge in [0.25, 0.3) is 0 Å². The Morgan fingerprint density at radius 1 is 0.348 bits per heavy atom. The SMILES string of the molecule is Fc1cc(F)c(N(c2ccccc2)c2ccc3ccc4c(N(c5ccccc5)c5c(F)cc(F)cc5-c5ccc(C(F)(F)F)cc5)ccc5ccc2c3c54)c(-c2ccc(C(F)(F)F)cc2)c1. The quantitative estimate of drug-likeness (QED) is 0.111. The van der Waals surface area contributed by atoms with Crippen LogP contribution in [-0.2, 0) is 12.4 Å². The third-order valence-electron chi connectivity index (χ3n) is 11.7. The number of alkyl halides is 6. The lowest BCUT2D eigenvalue weighted by atomic mass is 9.91. The topological polar surface area (TPSA) is 6.48 Å². The first-order valence-corrected chi connectivity index (χ1v) is 20.4. The van der Waals surface area contributed by atoms with E-state index >= 15 is 17.6 Å². The molecular formula is C54H30F10N2. The van der Waals surface area contributed by atoms with Crippen LogP contribution >= 0.6 is 0 Å². The molecule has 0 aliphatic heterocycles. The normalized spacial score (nSPS) is 12.1. The molecule has 10 aromatic rings. The van der Waals surface area contributed by atoms with E-state index < -0.39 is 46.7 Å². The fourth-order valence-electron chi connectivity index (χ4n) is 8.80. The third kappa shape index (κ3) is 7.37. The van der Waals surface area contributed by atoms with E-state index in [-0.39, 0.29) is 33.6 Å². The van der Waals surface area contributed by atoms with Gasteiger partial charge in [0.05, 0.1) is 33.9 Å². The monoisotopic (exact) mass is 896 g/mol. The molecule has 0 atom stereocenters. The summed E-state index contributed by atoms with van der Waals surface area (Å²) in [5.41, 5.74) is -0.125. The maximum Gasteiger partial charge on any atom is 0.416 e. The zero-order valence-electron chi connectivity index (χ0n) is 34.0. The summed E-state index contributed by atoms with van der Waals surface area (Å²) in [6.45, 7) is 0. The highest BCUT2D eigenvalue weighted by atomic mass is 19.4. The van der Waals surface area contributed by atoms with E-state index in [0.717, 1.165) is 47.2 Å². The predicted molar refractivity (Wildman–Crippen MR) is 240 cm³/mol. The summed E-state index contributed by atoms with van der Waals surface area (Å²) in [6.07, 6.45) is -9.29. The third-order valence-corrected chi connectivity index (χ3v) is 11.7. The fraction of sp³-hybridized carbons (Fsp3) is 0.0370. The molecule has 0 saturated carbocycles. The number of rotatable bonds is 8. The minimum Gasteiger partial charge on any atom is -0.307 e. The second-order valence-electron chi connectivity index (χ2n) is 15.7. The van der Waals surface area contributed by atoms with Gasteiger partial charge in [-0.2, -0.15) is 26.3 Å². The summed E-state index contributed by atoms with van der Waals surface area (Å²) in [7, 11) is 0. The molecule has 0 spiro atoms. The van der Waals surface area contributed by atoms with E-state index in [1.54, 1.807) is 82.6 Å². The zero-order chi connectivity index (χ0) is 46.1. The largest absolute Gasteiger partial charge is 0.416 e. The standard InChI is InChI=1S/C54H30F10N2/c55-37-27-43(31-11-19-35(20-12-31)53(59,60)61)51(45(57)29-37)65(39-7-3-1-4-8-39)47-25-17-33-16-24-42-48(26-18-34-15-23-41(47)49(33)50(34)42)66(40-9-5-2-6-10-40)52-44(28-38(56)30-46(52)58)32-13-21-36(22-14-32)54(62,63)64/h1-30H. The molecule has 66 heavy (non-hydrogen) atoms. The van der Waals surface area contributed by atoms with Crippen molar-refractivity contribution in [2.45, 2.75) is 12.4 Å². The van der Waals surface area contributed by atoms with E-state index in [0.29, 0.717) is 56.4 Å². The zero-order valence-corrected chi connectivity index (χ0v) is 34.0. The first-order chi connectivity index (χ1) is 31.7. The number of anilines is 6. The van der Waals surface area contributed by atoms with Gasteiger partial charge in [0.1, 0.15) is 11.6 Å². The van der Waals surface area contributed by atoms with Crippen molar-refractivity contribution in [1.82, 2.24) is 0 Å². The Balaban J connectivity index is 1.22. The predicted octanol–water partition coefficient (Wildman–Crippen LogP) is 17.5. The van der Waals surface area contributed by atoms with Crippen molar-refractivity contribution in [1.29, 1.82) is 0 Å². The summed E-state index contributed by atoms with van der Waals surface area (Å²) in [4.78, 5) is 3.18. The van der Waals surface area contributed by atoms with Crippen molar-refractivity contribution in [3.8, 4) is 22.3 Å². The van der Waals surface area contributed by atoms with Gasteiger partial charge in [-0.3, -0.25) is 0 Å². The summed E-state index contributed by atoms with van der Waals surface area (Å²) < 4.78 is 146. The highest BCUT2D eigenvalue weighted by Crippen LogP contribution is 2.51. The summed E-state index contributed by atoms with van der Waals surface area (Å²) in [6, 6.07) is 43.6. The van der Waals surface area contributed by atoms with Crippen LogP contribution in [0.1, 0.15) is 11.1 Å². The first kappa shape index (κ1) is 42.1. The number of halogens is 10. The second-order valence-corrected chi connectivity index (χ2v) is 15.7. The number of para-hydroxylation sites is 2. The molecule has 326 valence electrons. The van der Waals surface area contributed by atoms with Crippen LogP contribution in [0.15, 0.2) is 182 Å². The van der Waals surface area contributed by atoms with Crippen LogP contribution in [0.2, 0.25) is 0 Å². The molecule has 0 aromatic heterocycles. The van der Waals surface area contributed by atoms with Gasteiger partial charge in [-0.15, -0.1) is 0 Å². The molecule has 0 unspecified atom stereocenters. The van der Waals surface area contributed by atoms with Crippen LogP contribution in [0.4, 0.5) is 78.0 Å². The Kier molecular flexibility index (Phi) is 10.2. The molecule has 0 saturated heterocycles. The lowest BCUT2D eigenvalue weighted by Gasteiger charge is -2.31. The molecule has 0 aliphatic rings. The molecule has 12 heteroatoms. The minimum atomic E-state index is -4.65. The molecule has 0 heterocycles. The van der Waals surface area contributed by atoms with Crippen molar-refractivity contribution in [2.75, 3.05) is 9.80 Å². The molecule has 0 radical (unpaired) electrons. The van der Waals surface area contributed by atoms with E-state index in [9.17, 15) is 26.3 Å². The second kappa shape index (κ2) is 16.0. The molecule has 10 rings (SSSR count). The Labute approximate surface area is 370 Å². The van der Waals surface area contributed by atoms with Gasteiger partial charge in [-0.1, -0.05) is 97.1 Å². The Bertz CT molecular complexity index is 3190. The van der Waals surface area contributed by atoms with Gasteiger partial charge in [0.2, 0.25) is 0 Å². The van der Waals surface area contributed by atoms with Crippen LogP contribution in [-0.4, -0.2) is 0 Å². The van der Waals surface area contributed by atoms with Crippen LogP contribution in [0, 0.1) is 23.3 Å². The van der Waals surface area contributed by atoms with Crippen molar-refractivity contribution in [3.05, 3.63) is 216 Å². The average molecular weight is 897 g/mol. The maximum absolute atomic E-state index is 16.7. The first-order valence-electron chi connectivity index (χ1n) is 20.4. The lowest BCUT2D eigenvalue weighted by molar-refractivity contribution is -0.138. The number of nitrogens with zero attached hydrogens (tertiary/aromatic N) is 2. The molecule has 0 fully saturated rings. The van der Waals surface area contributed by atoms with Gasteiger partial charge in [0.15, 0.2) is 11.6 Å². The molecule has 0 aliphatic carbocycles. The molecule has 10 aromatic carbocycles. The number of hydrogen-bond donors (Lipinski definition) is 0. The molecular weight excluding hydrogens is 867 g/mol. The van der Waals surface area contributed by atoms with Crippen molar-refractivity contribution in [2.24, 2.45) is 0 Å². The highest BCUT2D eigenvalue weighted by molar-refractivity contribution is 6.28. The summed E-state index contributed by atoms with van der Waals surface area (Å²) >= 11 is 0. The van der Waals surface area contributed by atoms with Crippen LogP contribution in [0.5, 0.6) is 0 Å².